The summed E-state index contributed by atoms with van der Waals surface area (Å²) in [5.41, 5.74) is 3.25. The van der Waals surface area contributed by atoms with Gasteiger partial charge in [0.1, 0.15) is 5.92 Å². The Morgan fingerprint density at radius 2 is 2.17 bits per heavy atom. The van der Waals surface area contributed by atoms with E-state index in [0.29, 0.717) is 17.3 Å². The van der Waals surface area contributed by atoms with Crippen molar-refractivity contribution in [3.63, 3.8) is 0 Å². The fourth-order valence-electron chi connectivity index (χ4n) is 1.67. The molecule has 18 heavy (non-hydrogen) atoms. The van der Waals surface area contributed by atoms with Crippen molar-refractivity contribution in [3.05, 3.63) is 51.4 Å². The summed E-state index contributed by atoms with van der Waals surface area (Å²) in [6, 6.07) is 7.16. The van der Waals surface area contributed by atoms with Gasteiger partial charge in [0, 0.05) is 10.4 Å². The first-order valence-corrected chi connectivity index (χ1v) is 6.84. The van der Waals surface area contributed by atoms with Crippen LogP contribution in [0.2, 0.25) is 5.02 Å². The first-order chi connectivity index (χ1) is 8.72. The standard InChI is InChI=1S/C13H12ClNO2S/c1-2-17-13(16)12(11-7-18-8-15-11)9-3-5-10(14)6-4-9/h3-8,12H,2H2,1H3. The third-order valence-electron chi connectivity index (χ3n) is 2.47. The van der Waals surface area contributed by atoms with Gasteiger partial charge in [-0.2, -0.15) is 0 Å². The summed E-state index contributed by atoms with van der Waals surface area (Å²) in [7, 11) is 0. The van der Waals surface area contributed by atoms with Gasteiger partial charge in [0.25, 0.3) is 0 Å². The first kappa shape index (κ1) is 13.1. The molecule has 1 atom stereocenters. The number of benzene rings is 1. The smallest absolute Gasteiger partial charge is 0.319 e. The number of esters is 1. The van der Waals surface area contributed by atoms with E-state index in [2.05, 4.69) is 4.98 Å². The highest BCUT2D eigenvalue weighted by Crippen LogP contribution is 2.27. The molecule has 94 valence electrons. The lowest BCUT2D eigenvalue weighted by molar-refractivity contribution is -0.143. The lowest BCUT2D eigenvalue weighted by Crippen LogP contribution is -2.17. The van der Waals surface area contributed by atoms with Crippen molar-refractivity contribution in [2.45, 2.75) is 12.8 Å². The minimum absolute atomic E-state index is 0.286. The predicted molar refractivity (Wildman–Crippen MR) is 72.0 cm³/mol. The molecule has 1 unspecified atom stereocenters. The van der Waals surface area contributed by atoms with E-state index in [9.17, 15) is 4.79 Å². The zero-order valence-corrected chi connectivity index (χ0v) is 11.4. The molecule has 1 aromatic heterocycles. The Morgan fingerprint density at radius 3 is 2.72 bits per heavy atom. The normalized spacial score (nSPS) is 12.1. The van der Waals surface area contributed by atoms with Gasteiger partial charge in [-0.1, -0.05) is 23.7 Å². The van der Waals surface area contributed by atoms with E-state index in [1.165, 1.54) is 11.3 Å². The Labute approximate surface area is 114 Å². The van der Waals surface area contributed by atoms with Crippen LogP contribution in [0.3, 0.4) is 0 Å². The van der Waals surface area contributed by atoms with E-state index < -0.39 is 5.92 Å². The summed E-state index contributed by atoms with van der Waals surface area (Å²) in [5.74, 6) is -0.765. The summed E-state index contributed by atoms with van der Waals surface area (Å²) >= 11 is 7.31. The first-order valence-electron chi connectivity index (χ1n) is 5.52. The number of nitrogens with zero attached hydrogens (tertiary/aromatic N) is 1. The Kier molecular flexibility index (Phi) is 4.33. The van der Waals surface area contributed by atoms with Crippen molar-refractivity contribution in [1.29, 1.82) is 0 Å². The van der Waals surface area contributed by atoms with E-state index in [1.54, 1.807) is 24.6 Å². The van der Waals surface area contributed by atoms with E-state index in [1.807, 2.05) is 17.5 Å². The van der Waals surface area contributed by atoms with Crippen molar-refractivity contribution in [1.82, 2.24) is 4.98 Å². The van der Waals surface area contributed by atoms with Gasteiger partial charge in [-0.15, -0.1) is 11.3 Å². The lowest BCUT2D eigenvalue weighted by Gasteiger charge is -2.13. The molecule has 1 heterocycles. The molecule has 0 aliphatic heterocycles. The molecule has 1 aromatic carbocycles. The van der Waals surface area contributed by atoms with Gasteiger partial charge in [-0.25, -0.2) is 4.98 Å². The number of hydrogen-bond acceptors (Lipinski definition) is 4. The number of rotatable bonds is 4. The Hall–Kier alpha value is -1.39. The van der Waals surface area contributed by atoms with Gasteiger partial charge in [0.2, 0.25) is 0 Å². The molecule has 0 spiro atoms. The van der Waals surface area contributed by atoms with Crippen LogP contribution in [-0.2, 0) is 9.53 Å². The zero-order chi connectivity index (χ0) is 13.0. The fourth-order valence-corrected chi connectivity index (χ4v) is 2.38. The van der Waals surface area contributed by atoms with E-state index in [4.69, 9.17) is 16.3 Å². The second kappa shape index (κ2) is 5.98. The molecule has 0 aliphatic rings. The molecule has 0 bridgehead atoms. The van der Waals surface area contributed by atoms with Crippen molar-refractivity contribution in [3.8, 4) is 0 Å². The number of thiazole rings is 1. The minimum atomic E-state index is -0.478. The molecule has 2 rings (SSSR count). The van der Waals surface area contributed by atoms with Gasteiger partial charge in [-0.3, -0.25) is 4.79 Å². The number of aromatic nitrogens is 1. The van der Waals surface area contributed by atoms with Crippen LogP contribution < -0.4 is 0 Å². The second-order valence-electron chi connectivity index (χ2n) is 3.65. The Bertz CT molecular complexity index is 510. The SMILES string of the molecule is CCOC(=O)C(c1ccc(Cl)cc1)c1cscn1. The molecule has 0 saturated heterocycles. The third-order valence-corrected chi connectivity index (χ3v) is 3.33. The third kappa shape index (κ3) is 2.89. The molecule has 2 aromatic rings. The van der Waals surface area contributed by atoms with Crippen LogP contribution >= 0.6 is 22.9 Å². The van der Waals surface area contributed by atoms with Gasteiger partial charge < -0.3 is 4.74 Å². The average Bonchev–Trinajstić information content (AvgIpc) is 2.86. The quantitative estimate of drug-likeness (QED) is 0.805. The minimum Gasteiger partial charge on any atom is -0.465 e. The molecular formula is C13H12ClNO2S. The van der Waals surface area contributed by atoms with Crippen molar-refractivity contribution in [2.75, 3.05) is 6.61 Å². The highest BCUT2D eigenvalue weighted by atomic mass is 35.5. The van der Waals surface area contributed by atoms with Gasteiger partial charge in [0.15, 0.2) is 0 Å². The fraction of sp³-hybridized carbons (Fsp3) is 0.231. The molecular weight excluding hydrogens is 270 g/mol. The molecule has 3 nitrogen and oxygen atoms in total. The van der Waals surface area contributed by atoms with Gasteiger partial charge in [-0.05, 0) is 24.6 Å². The maximum absolute atomic E-state index is 12.0. The lowest BCUT2D eigenvalue weighted by atomic mass is 9.96. The van der Waals surface area contributed by atoms with Crippen molar-refractivity contribution < 1.29 is 9.53 Å². The highest BCUT2D eigenvalue weighted by Gasteiger charge is 2.25. The number of halogens is 1. The Balaban J connectivity index is 2.36. The van der Waals surface area contributed by atoms with Crippen LogP contribution in [0.25, 0.3) is 0 Å². The van der Waals surface area contributed by atoms with Gasteiger partial charge >= 0.3 is 5.97 Å². The van der Waals surface area contributed by atoms with E-state index in [0.717, 1.165) is 5.56 Å². The van der Waals surface area contributed by atoms with E-state index >= 15 is 0 Å². The summed E-state index contributed by atoms with van der Waals surface area (Å²) in [6.07, 6.45) is 0. The van der Waals surface area contributed by atoms with Crippen LogP contribution in [0, 0.1) is 0 Å². The molecule has 0 amide bonds. The molecule has 0 saturated carbocycles. The van der Waals surface area contributed by atoms with Crippen molar-refractivity contribution in [2.24, 2.45) is 0 Å². The molecule has 5 heteroatoms. The maximum Gasteiger partial charge on any atom is 0.319 e. The molecule has 0 N–H and O–H groups in total. The summed E-state index contributed by atoms with van der Waals surface area (Å²) < 4.78 is 5.11. The van der Waals surface area contributed by atoms with Crippen LogP contribution in [-0.4, -0.2) is 17.6 Å². The number of ether oxygens (including phenoxy) is 1. The van der Waals surface area contributed by atoms with Crippen molar-refractivity contribution >= 4 is 28.9 Å². The second-order valence-corrected chi connectivity index (χ2v) is 4.81. The largest absolute Gasteiger partial charge is 0.465 e. The summed E-state index contributed by atoms with van der Waals surface area (Å²) in [5, 5.41) is 2.50. The summed E-state index contributed by atoms with van der Waals surface area (Å²) in [4.78, 5) is 16.2. The summed E-state index contributed by atoms with van der Waals surface area (Å²) in [6.45, 7) is 2.14. The number of carbonyl (C=O) groups is 1. The van der Waals surface area contributed by atoms with Crippen LogP contribution in [0.5, 0.6) is 0 Å². The average molecular weight is 282 g/mol. The molecule has 0 fully saturated rings. The van der Waals surface area contributed by atoms with Crippen LogP contribution in [0.4, 0.5) is 0 Å². The molecule has 0 radical (unpaired) electrons. The topological polar surface area (TPSA) is 39.2 Å². The van der Waals surface area contributed by atoms with Crippen LogP contribution in [0.1, 0.15) is 24.1 Å². The van der Waals surface area contributed by atoms with Crippen LogP contribution in [0.15, 0.2) is 35.2 Å². The number of carbonyl (C=O) groups excluding carboxylic acids is 1. The monoisotopic (exact) mass is 281 g/mol. The number of hydrogen-bond donors (Lipinski definition) is 0. The predicted octanol–water partition coefficient (Wildman–Crippen LogP) is 3.49. The maximum atomic E-state index is 12.0. The highest BCUT2D eigenvalue weighted by molar-refractivity contribution is 7.07. The van der Waals surface area contributed by atoms with Gasteiger partial charge in [0.05, 0.1) is 17.8 Å². The zero-order valence-electron chi connectivity index (χ0n) is 9.80. The van der Waals surface area contributed by atoms with E-state index in [-0.39, 0.29) is 5.97 Å². The Morgan fingerprint density at radius 1 is 1.44 bits per heavy atom. The molecule has 0 aliphatic carbocycles.